The summed E-state index contributed by atoms with van der Waals surface area (Å²) in [5.41, 5.74) is 8.75. The number of nitrogens with two attached hydrogens (primary N) is 1. The van der Waals surface area contributed by atoms with E-state index in [-0.39, 0.29) is 0 Å². The van der Waals surface area contributed by atoms with E-state index in [1.54, 1.807) is 7.11 Å². The Hall–Kier alpha value is -1.88. The van der Waals surface area contributed by atoms with E-state index in [2.05, 4.69) is 24.2 Å². The van der Waals surface area contributed by atoms with Crippen LogP contribution in [-0.2, 0) is 6.54 Å². The highest BCUT2D eigenvalue weighted by Gasteiger charge is 2.20. The summed E-state index contributed by atoms with van der Waals surface area (Å²) in [6, 6.07) is 7.83. The zero-order valence-electron chi connectivity index (χ0n) is 12.3. The van der Waals surface area contributed by atoms with Gasteiger partial charge in [-0.15, -0.1) is 5.10 Å². The smallest absolute Gasteiger partial charge is 0.121 e. The van der Waals surface area contributed by atoms with Crippen LogP contribution in [0.3, 0.4) is 0 Å². The highest BCUT2D eigenvalue weighted by atomic mass is 16.5. The van der Waals surface area contributed by atoms with E-state index in [0.29, 0.717) is 12.5 Å². The topological polar surface area (TPSA) is 66.0 Å². The van der Waals surface area contributed by atoms with E-state index in [0.717, 1.165) is 35.7 Å². The summed E-state index contributed by atoms with van der Waals surface area (Å²) >= 11 is 0. The highest BCUT2D eigenvalue weighted by Crippen LogP contribution is 2.28. The minimum atomic E-state index is 0.412. The van der Waals surface area contributed by atoms with Gasteiger partial charge in [0.15, 0.2) is 0 Å². The average Bonchev–Trinajstić information content (AvgIpc) is 2.92. The molecule has 0 radical (unpaired) electrons. The maximum absolute atomic E-state index is 5.80. The third-order valence-electron chi connectivity index (χ3n) is 3.64. The predicted molar refractivity (Wildman–Crippen MR) is 79.1 cm³/mol. The van der Waals surface area contributed by atoms with Crippen molar-refractivity contribution in [2.45, 2.75) is 39.2 Å². The van der Waals surface area contributed by atoms with Crippen LogP contribution in [0.1, 0.15) is 44.0 Å². The maximum atomic E-state index is 5.80. The van der Waals surface area contributed by atoms with Crippen molar-refractivity contribution in [2.24, 2.45) is 5.73 Å². The minimum Gasteiger partial charge on any atom is -0.497 e. The summed E-state index contributed by atoms with van der Waals surface area (Å²) in [6.07, 6.45) is 2.09. The number of nitrogens with zero attached hydrogens (tertiary/aromatic N) is 3. The van der Waals surface area contributed by atoms with Gasteiger partial charge in [-0.05, 0) is 25.0 Å². The number of hydrogen-bond acceptors (Lipinski definition) is 4. The van der Waals surface area contributed by atoms with Gasteiger partial charge < -0.3 is 10.5 Å². The van der Waals surface area contributed by atoms with Crippen LogP contribution in [-0.4, -0.2) is 22.1 Å². The zero-order valence-corrected chi connectivity index (χ0v) is 12.3. The Labute approximate surface area is 119 Å². The molecule has 1 heterocycles. The quantitative estimate of drug-likeness (QED) is 0.879. The van der Waals surface area contributed by atoms with Gasteiger partial charge in [-0.25, -0.2) is 4.68 Å². The van der Waals surface area contributed by atoms with Crippen LogP contribution < -0.4 is 10.5 Å². The fourth-order valence-electron chi connectivity index (χ4n) is 2.48. The van der Waals surface area contributed by atoms with Gasteiger partial charge in [-0.3, -0.25) is 0 Å². The molecule has 0 aliphatic rings. The standard InChI is InChI=1S/C15H22N4O/c1-4-11(5-2)15-14(10-16)17-18-19(15)12-7-6-8-13(9-12)20-3/h6-9,11H,4-5,10,16H2,1-3H3. The molecule has 1 aromatic heterocycles. The van der Waals surface area contributed by atoms with Gasteiger partial charge in [-0.1, -0.05) is 25.1 Å². The molecule has 5 nitrogen and oxygen atoms in total. The summed E-state index contributed by atoms with van der Waals surface area (Å²) in [4.78, 5) is 0. The predicted octanol–water partition coefficient (Wildman–Crippen LogP) is 2.64. The van der Waals surface area contributed by atoms with E-state index in [1.165, 1.54) is 0 Å². The molecule has 20 heavy (non-hydrogen) atoms. The lowest BCUT2D eigenvalue weighted by molar-refractivity contribution is 0.414. The molecule has 0 amide bonds. The first-order chi connectivity index (χ1) is 9.74. The van der Waals surface area contributed by atoms with Crippen LogP contribution in [0, 0.1) is 0 Å². The molecule has 0 fully saturated rings. The average molecular weight is 274 g/mol. The zero-order chi connectivity index (χ0) is 14.5. The van der Waals surface area contributed by atoms with Crippen LogP contribution in [0.5, 0.6) is 5.75 Å². The van der Waals surface area contributed by atoms with E-state index in [4.69, 9.17) is 10.5 Å². The Balaban J connectivity index is 2.53. The van der Waals surface area contributed by atoms with Gasteiger partial charge in [0, 0.05) is 18.5 Å². The fraction of sp³-hybridized carbons (Fsp3) is 0.467. The van der Waals surface area contributed by atoms with E-state index >= 15 is 0 Å². The minimum absolute atomic E-state index is 0.412. The first kappa shape index (κ1) is 14.5. The molecule has 0 aliphatic carbocycles. The van der Waals surface area contributed by atoms with Crippen LogP contribution in [0.25, 0.3) is 5.69 Å². The molecule has 0 bridgehead atoms. The summed E-state index contributed by atoms with van der Waals surface area (Å²) in [7, 11) is 1.66. The molecule has 0 unspecified atom stereocenters. The Morgan fingerprint density at radius 2 is 2.05 bits per heavy atom. The van der Waals surface area contributed by atoms with E-state index in [9.17, 15) is 0 Å². The van der Waals surface area contributed by atoms with Gasteiger partial charge in [0.1, 0.15) is 11.4 Å². The molecule has 0 saturated heterocycles. The number of methoxy groups -OCH3 is 1. The molecule has 0 saturated carbocycles. The number of benzene rings is 1. The summed E-state index contributed by atoms with van der Waals surface area (Å²) in [5, 5.41) is 8.51. The lowest BCUT2D eigenvalue weighted by Gasteiger charge is -2.16. The van der Waals surface area contributed by atoms with Crippen molar-refractivity contribution in [2.75, 3.05) is 7.11 Å². The van der Waals surface area contributed by atoms with Gasteiger partial charge >= 0.3 is 0 Å². The van der Waals surface area contributed by atoms with Crippen molar-refractivity contribution in [1.82, 2.24) is 15.0 Å². The molecule has 2 N–H and O–H groups in total. The second-order valence-corrected chi connectivity index (χ2v) is 4.75. The Bertz CT molecular complexity index is 561. The molecule has 1 aromatic carbocycles. The first-order valence-corrected chi connectivity index (χ1v) is 7.04. The third kappa shape index (κ3) is 2.67. The molecule has 2 rings (SSSR count). The maximum Gasteiger partial charge on any atom is 0.121 e. The van der Waals surface area contributed by atoms with Gasteiger partial charge in [-0.2, -0.15) is 0 Å². The summed E-state index contributed by atoms with van der Waals surface area (Å²) < 4.78 is 7.17. The monoisotopic (exact) mass is 274 g/mol. The Morgan fingerprint density at radius 1 is 1.30 bits per heavy atom. The fourth-order valence-corrected chi connectivity index (χ4v) is 2.48. The molecule has 0 spiro atoms. The molecule has 108 valence electrons. The third-order valence-corrected chi connectivity index (χ3v) is 3.64. The molecule has 0 atom stereocenters. The molecular formula is C15H22N4O. The van der Waals surface area contributed by atoms with Gasteiger partial charge in [0.2, 0.25) is 0 Å². The number of aromatic nitrogens is 3. The van der Waals surface area contributed by atoms with Crippen molar-refractivity contribution >= 4 is 0 Å². The second kappa shape index (κ2) is 6.52. The van der Waals surface area contributed by atoms with Crippen molar-refractivity contribution in [1.29, 1.82) is 0 Å². The summed E-state index contributed by atoms with van der Waals surface area (Å²) in [6.45, 7) is 4.77. The molecule has 0 aliphatic heterocycles. The molecule has 2 aromatic rings. The van der Waals surface area contributed by atoms with Crippen LogP contribution in [0.15, 0.2) is 24.3 Å². The Kier molecular flexibility index (Phi) is 4.74. The van der Waals surface area contributed by atoms with Crippen molar-refractivity contribution in [3.05, 3.63) is 35.7 Å². The van der Waals surface area contributed by atoms with Gasteiger partial charge in [0.05, 0.1) is 18.5 Å². The Morgan fingerprint density at radius 3 is 2.65 bits per heavy atom. The number of ether oxygens (including phenoxy) is 1. The van der Waals surface area contributed by atoms with Crippen molar-refractivity contribution in [3.8, 4) is 11.4 Å². The lowest BCUT2D eigenvalue weighted by Crippen LogP contribution is -2.10. The van der Waals surface area contributed by atoms with E-state index < -0.39 is 0 Å². The SMILES string of the molecule is CCC(CC)c1c(CN)nnn1-c1cccc(OC)c1. The summed E-state index contributed by atoms with van der Waals surface area (Å²) in [5.74, 6) is 1.22. The van der Waals surface area contributed by atoms with E-state index in [1.807, 2.05) is 28.9 Å². The largest absolute Gasteiger partial charge is 0.497 e. The first-order valence-electron chi connectivity index (χ1n) is 7.04. The molecule has 5 heteroatoms. The van der Waals surface area contributed by atoms with Gasteiger partial charge in [0.25, 0.3) is 0 Å². The van der Waals surface area contributed by atoms with Crippen molar-refractivity contribution < 1.29 is 4.74 Å². The highest BCUT2D eigenvalue weighted by molar-refractivity contribution is 5.40. The van der Waals surface area contributed by atoms with Crippen molar-refractivity contribution in [3.63, 3.8) is 0 Å². The normalized spacial score (nSPS) is 11.1. The number of rotatable bonds is 6. The van der Waals surface area contributed by atoms with Crippen LogP contribution in [0.4, 0.5) is 0 Å². The number of hydrogen-bond donors (Lipinski definition) is 1. The van der Waals surface area contributed by atoms with Crippen LogP contribution >= 0.6 is 0 Å². The second-order valence-electron chi connectivity index (χ2n) is 4.75. The molecular weight excluding hydrogens is 252 g/mol. The van der Waals surface area contributed by atoms with Crippen LogP contribution in [0.2, 0.25) is 0 Å². The lowest BCUT2D eigenvalue weighted by atomic mass is 9.97.